The molecule has 0 spiro atoms. The van der Waals surface area contributed by atoms with Crippen LogP contribution in [0.3, 0.4) is 0 Å². The Bertz CT molecular complexity index is 335. The molecule has 0 aliphatic carbocycles. The molecule has 0 aromatic heterocycles. The molecule has 0 fully saturated rings. The second-order valence-corrected chi connectivity index (χ2v) is 2.62. The average molecular weight is 210 g/mol. The van der Waals surface area contributed by atoms with E-state index in [-0.39, 0.29) is 0 Å². The van der Waals surface area contributed by atoms with Crippen molar-refractivity contribution < 1.29 is 27.8 Å². The minimum Gasteiger partial charge on any atom is -0.505 e. The predicted molar refractivity (Wildman–Crippen MR) is 39.1 cm³/mol. The van der Waals surface area contributed by atoms with E-state index >= 15 is 0 Å². The van der Waals surface area contributed by atoms with Crippen molar-refractivity contribution in [1.29, 1.82) is 0 Å². The number of halogens is 4. The van der Waals surface area contributed by atoms with E-state index in [2.05, 4.69) is 0 Å². The lowest BCUT2D eigenvalue weighted by molar-refractivity contribution is -0.207. The molecule has 0 saturated carbocycles. The summed E-state index contributed by atoms with van der Waals surface area (Å²) >= 11 is 0. The summed E-state index contributed by atoms with van der Waals surface area (Å²) in [5.41, 5.74) is -0.891. The Morgan fingerprint density at radius 3 is 2.29 bits per heavy atom. The van der Waals surface area contributed by atoms with Gasteiger partial charge in [0.1, 0.15) is 0 Å². The van der Waals surface area contributed by atoms with E-state index < -0.39 is 29.4 Å². The van der Waals surface area contributed by atoms with Gasteiger partial charge in [0.05, 0.1) is 0 Å². The van der Waals surface area contributed by atoms with Crippen LogP contribution in [0.15, 0.2) is 18.2 Å². The molecular weight excluding hydrogens is 204 g/mol. The fourth-order valence-corrected chi connectivity index (χ4v) is 0.929. The number of rotatable bonds is 1. The van der Waals surface area contributed by atoms with Gasteiger partial charge < -0.3 is 10.2 Å². The minimum atomic E-state index is -4.93. The molecule has 1 rings (SSSR count). The number of phenolic OH excluding ortho intramolecular Hbond substituents is 1. The van der Waals surface area contributed by atoms with Crippen molar-refractivity contribution in [3.05, 3.63) is 29.6 Å². The van der Waals surface area contributed by atoms with Gasteiger partial charge in [-0.05, 0) is 6.07 Å². The van der Waals surface area contributed by atoms with Crippen LogP contribution in [0.4, 0.5) is 17.6 Å². The predicted octanol–water partition coefficient (Wildman–Crippen LogP) is 2.13. The van der Waals surface area contributed by atoms with Crippen molar-refractivity contribution >= 4 is 0 Å². The Labute approximate surface area is 76.4 Å². The number of hydrogen-bond acceptors (Lipinski definition) is 2. The highest BCUT2D eigenvalue weighted by atomic mass is 19.4. The Morgan fingerprint density at radius 2 is 1.79 bits per heavy atom. The average Bonchev–Trinajstić information content (AvgIpc) is 2.07. The molecule has 2 nitrogen and oxygen atoms in total. The molecule has 0 saturated heterocycles. The molecular formula is C8H6F4O2. The largest absolute Gasteiger partial charge is 0.505 e. The molecule has 0 aliphatic rings. The first kappa shape index (κ1) is 10.8. The van der Waals surface area contributed by atoms with Crippen LogP contribution >= 0.6 is 0 Å². The van der Waals surface area contributed by atoms with Crippen molar-refractivity contribution in [2.75, 3.05) is 0 Å². The van der Waals surface area contributed by atoms with Crippen LogP contribution in [0.1, 0.15) is 11.7 Å². The first-order valence-electron chi connectivity index (χ1n) is 3.56. The monoisotopic (exact) mass is 210 g/mol. The number of alkyl halides is 3. The Hall–Kier alpha value is -1.30. The van der Waals surface area contributed by atoms with Gasteiger partial charge >= 0.3 is 6.18 Å². The molecule has 1 aromatic rings. The minimum absolute atomic E-state index is 0.794. The van der Waals surface area contributed by atoms with Gasteiger partial charge in [-0.15, -0.1) is 0 Å². The molecule has 0 amide bonds. The highest BCUT2D eigenvalue weighted by molar-refractivity contribution is 5.35. The molecule has 1 atom stereocenters. The van der Waals surface area contributed by atoms with Crippen molar-refractivity contribution in [1.82, 2.24) is 0 Å². The molecule has 2 N–H and O–H groups in total. The maximum absolute atomic E-state index is 12.6. The smallest absolute Gasteiger partial charge is 0.418 e. The van der Waals surface area contributed by atoms with E-state index in [4.69, 9.17) is 10.2 Å². The van der Waals surface area contributed by atoms with Crippen molar-refractivity contribution in [2.45, 2.75) is 12.3 Å². The number of aliphatic hydroxyl groups excluding tert-OH is 1. The quantitative estimate of drug-likeness (QED) is 0.697. The zero-order chi connectivity index (χ0) is 10.9. The van der Waals surface area contributed by atoms with Gasteiger partial charge in [0.2, 0.25) is 0 Å². The zero-order valence-corrected chi connectivity index (χ0v) is 6.72. The normalized spacial score (nSPS) is 14.1. The van der Waals surface area contributed by atoms with E-state index in [1.807, 2.05) is 0 Å². The summed E-state index contributed by atoms with van der Waals surface area (Å²) in [6.07, 6.45) is -7.80. The lowest BCUT2D eigenvalue weighted by Crippen LogP contribution is -2.20. The van der Waals surface area contributed by atoms with Crippen LogP contribution < -0.4 is 0 Å². The Kier molecular flexibility index (Phi) is 2.66. The Balaban J connectivity index is 3.14. The summed E-state index contributed by atoms with van der Waals surface area (Å²) in [5.74, 6) is -2.39. The van der Waals surface area contributed by atoms with Crippen LogP contribution in [0.5, 0.6) is 5.75 Å². The van der Waals surface area contributed by atoms with Crippen LogP contribution in [0.2, 0.25) is 0 Å². The zero-order valence-electron chi connectivity index (χ0n) is 6.72. The van der Waals surface area contributed by atoms with Gasteiger partial charge in [-0.1, -0.05) is 12.1 Å². The lowest BCUT2D eigenvalue weighted by Gasteiger charge is -2.15. The maximum atomic E-state index is 12.6. The molecule has 0 bridgehead atoms. The fraction of sp³-hybridized carbons (Fsp3) is 0.250. The standard InChI is InChI=1S/C8H6F4O2/c9-5-3-1-2-4(6(5)13)7(14)8(10,11)12/h1-3,7,13-14H. The first-order valence-corrected chi connectivity index (χ1v) is 3.56. The molecule has 0 radical (unpaired) electrons. The van der Waals surface area contributed by atoms with Crippen LogP contribution in [-0.2, 0) is 0 Å². The van der Waals surface area contributed by atoms with Crippen molar-refractivity contribution in [3.8, 4) is 5.75 Å². The number of aliphatic hydroxyl groups is 1. The van der Waals surface area contributed by atoms with E-state index in [1.54, 1.807) is 0 Å². The van der Waals surface area contributed by atoms with Gasteiger partial charge in [0.15, 0.2) is 17.7 Å². The number of aromatic hydroxyl groups is 1. The third kappa shape index (κ3) is 1.95. The van der Waals surface area contributed by atoms with E-state index in [9.17, 15) is 17.6 Å². The van der Waals surface area contributed by atoms with Crippen molar-refractivity contribution in [3.63, 3.8) is 0 Å². The number of phenols is 1. The lowest BCUT2D eigenvalue weighted by atomic mass is 10.1. The topological polar surface area (TPSA) is 40.5 Å². The molecule has 0 aliphatic heterocycles. The molecule has 78 valence electrons. The third-order valence-corrected chi connectivity index (χ3v) is 1.62. The fourth-order valence-electron chi connectivity index (χ4n) is 0.929. The van der Waals surface area contributed by atoms with E-state index in [1.165, 1.54) is 0 Å². The molecule has 1 aromatic carbocycles. The number of para-hydroxylation sites is 1. The van der Waals surface area contributed by atoms with Gasteiger partial charge in [-0.25, -0.2) is 4.39 Å². The van der Waals surface area contributed by atoms with Crippen molar-refractivity contribution in [2.24, 2.45) is 0 Å². The molecule has 0 heterocycles. The molecule has 1 unspecified atom stereocenters. The number of hydrogen-bond donors (Lipinski definition) is 2. The highest BCUT2D eigenvalue weighted by Crippen LogP contribution is 2.37. The van der Waals surface area contributed by atoms with E-state index in [0.29, 0.717) is 0 Å². The maximum Gasteiger partial charge on any atom is 0.418 e. The van der Waals surface area contributed by atoms with E-state index in [0.717, 1.165) is 18.2 Å². The summed E-state index contributed by atoms with van der Waals surface area (Å²) in [7, 11) is 0. The molecule has 6 heteroatoms. The summed E-state index contributed by atoms with van der Waals surface area (Å²) < 4.78 is 48.5. The van der Waals surface area contributed by atoms with Gasteiger partial charge in [0, 0.05) is 5.56 Å². The Morgan fingerprint density at radius 1 is 1.21 bits per heavy atom. The molecule has 14 heavy (non-hydrogen) atoms. The highest BCUT2D eigenvalue weighted by Gasteiger charge is 2.41. The third-order valence-electron chi connectivity index (χ3n) is 1.62. The van der Waals surface area contributed by atoms with Crippen LogP contribution in [0.25, 0.3) is 0 Å². The second-order valence-electron chi connectivity index (χ2n) is 2.62. The van der Waals surface area contributed by atoms with Crippen LogP contribution in [-0.4, -0.2) is 16.4 Å². The van der Waals surface area contributed by atoms with Crippen LogP contribution in [0, 0.1) is 5.82 Å². The first-order chi connectivity index (χ1) is 6.34. The number of benzene rings is 1. The summed E-state index contributed by atoms with van der Waals surface area (Å²) in [4.78, 5) is 0. The van der Waals surface area contributed by atoms with Gasteiger partial charge in [-0.2, -0.15) is 13.2 Å². The van der Waals surface area contributed by atoms with Gasteiger partial charge in [0.25, 0.3) is 0 Å². The second kappa shape index (κ2) is 3.45. The summed E-state index contributed by atoms with van der Waals surface area (Å²) in [6.45, 7) is 0. The summed E-state index contributed by atoms with van der Waals surface area (Å²) in [5, 5.41) is 17.6. The summed E-state index contributed by atoms with van der Waals surface area (Å²) in [6, 6.07) is 2.57. The van der Waals surface area contributed by atoms with Gasteiger partial charge in [-0.3, -0.25) is 0 Å². The SMILES string of the molecule is Oc1c(F)cccc1C(O)C(F)(F)F.